The Labute approximate surface area is 250 Å². The highest BCUT2D eigenvalue weighted by Crippen LogP contribution is 2.67. The van der Waals surface area contributed by atoms with E-state index in [2.05, 4.69) is 40.7 Å². The lowest BCUT2D eigenvalue weighted by Crippen LogP contribution is -2.50. The molecule has 4 rings (SSSR count). The summed E-state index contributed by atoms with van der Waals surface area (Å²) in [5, 5.41) is 34.0. The summed E-state index contributed by atoms with van der Waals surface area (Å²) in [6.07, 6.45) is 16.6. The highest BCUT2D eigenvalue weighted by molar-refractivity contribution is 8.01. The van der Waals surface area contributed by atoms with Crippen molar-refractivity contribution in [3.05, 3.63) is 11.6 Å². The molecule has 0 aromatic carbocycles. The van der Waals surface area contributed by atoms with Crippen molar-refractivity contribution in [3.63, 3.8) is 0 Å². The Morgan fingerprint density at radius 2 is 1.66 bits per heavy atom. The van der Waals surface area contributed by atoms with E-state index in [1.807, 2.05) is 0 Å². The number of fused-ring (bicyclic) bond motifs is 5. The Hall–Kier alpha value is -1.54. The third-order valence-corrected chi connectivity index (χ3v) is 12.5. The van der Waals surface area contributed by atoms with Crippen molar-refractivity contribution in [1.82, 2.24) is 0 Å². The Balaban J connectivity index is 0.000000302. The van der Waals surface area contributed by atoms with Gasteiger partial charge in [0, 0.05) is 0 Å². The Morgan fingerprint density at radius 3 is 2.27 bits per heavy atom. The second-order valence-electron chi connectivity index (χ2n) is 14.3. The van der Waals surface area contributed by atoms with Crippen LogP contribution in [0.2, 0.25) is 0 Å². The first-order valence-electron chi connectivity index (χ1n) is 15.8. The molecule has 0 aliphatic heterocycles. The van der Waals surface area contributed by atoms with Crippen LogP contribution in [-0.2, 0) is 14.4 Å². The largest absolute Gasteiger partial charge is 0.481 e. The summed E-state index contributed by atoms with van der Waals surface area (Å²) in [5.41, 5.74) is 2.60. The lowest BCUT2D eigenvalue weighted by Gasteiger charge is -2.58. The first kappa shape index (κ1) is 34.0. The van der Waals surface area contributed by atoms with Gasteiger partial charge in [-0.1, -0.05) is 65.5 Å². The van der Waals surface area contributed by atoms with Gasteiger partial charge in [-0.3, -0.25) is 14.4 Å². The number of aliphatic carboxylic acids is 3. The molecular weight excluding hydrogens is 540 g/mol. The van der Waals surface area contributed by atoms with E-state index in [4.69, 9.17) is 15.3 Å². The van der Waals surface area contributed by atoms with E-state index in [9.17, 15) is 19.5 Å². The minimum atomic E-state index is -1.31. The van der Waals surface area contributed by atoms with Gasteiger partial charge >= 0.3 is 17.9 Å². The summed E-state index contributed by atoms with van der Waals surface area (Å²) in [5.74, 6) is 1.31. The number of carboxylic acids is 3. The molecule has 9 unspecified atom stereocenters. The molecule has 3 fully saturated rings. The molecule has 0 bridgehead atoms. The zero-order valence-electron chi connectivity index (χ0n) is 25.8. The van der Waals surface area contributed by atoms with Crippen molar-refractivity contribution >= 4 is 29.7 Å². The summed E-state index contributed by atoms with van der Waals surface area (Å²) >= 11 is 0.586. The first-order valence-corrected chi connectivity index (χ1v) is 16.9. The molecule has 7 nitrogen and oxygen atoms in total. The topological polar surface area (TPSA) is 132 Å². The summed E-state index contributed by atoms with van der Waals surface area (Å²) < 4.78 is 0. The maximum absolute atomic E-state index is 10.4. The quantitative estimate of drug-likeness (QED) is 0.186. The van der Waals surface area contributed by atoms with Crippen molar-refractivity contribution in [2.45, 2.75) is 123 Å². The van der Waals surface area contributed by atoms with Crippen LogP contribution in [0.5, 0.6) is 0 Å². The molecule has 0 saturated heterocycles. The smallest absolute Gasteiger partial charge is 0.317 e. The van der Waals surface area contributed by atoms with Crippen LogP contribution in [0.4, 0.5) is 0 Å². The maximum atomic E-state index is 10.4. The predicted molar refractivity (Wildman–Crippen MR) is 163 cm³/mol. The molecule has 4 aliphatic rings. The molecule has 9 atom stereocenters. The highest BCUT2D eigenvalue weighted by atomic mass is 32.2. The first-order chi connectivity index (χ1) is 19.2. The maximum Gasteiger partial charge on any atom is 0.317 e. The Morgan fingerprint density at radius 1 is 0.951 bits per heavy atom. The van der Waals surface area contributed by atoms with Crippen LogP contribution in [-0.4, -0.2) is 55.4 Å². The summed E-state index contributed by atoms with van der Waals surface area (Å²) in [7, 11) is 0. The molecule has 8 heteroatoms. The third-order valence-electron chi connectivity index (χ3n) is 11.3. The van der Waals surface area contributed by atoms with Gasteiger partial charge < -0.3 is 20.4 Å². The monoisotopic (exact) mass is 594 g/mol. The van der Waals surface area contributed by atoms with E-state index in [1.165, 1.54) is 57.8 Å². The van der Waals surface area contributed by atoms with Gasteiger partial charge in [-0.25, -0.2) is 0 Å². The van der Waals surface area contributed by atoms with Gasteiger partial charge in [0.25, 0.3) is 0 Å². The van der Waals surface area contributed by atoms with E-state index in [0.717, 1.165) is 48.3 Å². The Bertz CT molecular complexity index is 963. The fraction of sp³-hybridized carbons (Fsp3) is 0.848. The van der Waals surface area contributed by atoms with Crippen LogP contribution in [0.25, 0.3) is 0 Å². The van der Waals surface area contributed by atoms with Crippen LogP contribution >= 0.6 is 11.8 Å². The average molecular weight is 595 g/mol. The Kier molecular flexibility index (Phi) is 11.8. The van der Waals surface area contributed by atoms with E-state index >= 15 is 0 Å². The number of rotatable bonds is 11. The molecule has 0 heterocycles. The second-order valence-corrected chi connectivity index (χ2v) is 15.5. The van der Waals surface area contributed by atoms with Gasteiger partial charge in [0.15, 0.2) is 0 Å². The van der Waals surface area contributed by atoms with E-state index in [1.54, 1.807) is 5.57 Å². The SMILES string of the molecule is CC(C)CCCC(C)C1CCC2C3CC=C4CC(O)CCC4(C)C3CCC12C.O=C(O)CSC(CC(=O)O)C(=O)O. The average Bonchev–Trinajstić information content (AvgIpc) is 3.24. The number of aliphatic hydroxyl groups is 1. The third kappa shape index (κ3) is 8.10. The minimum absolute atomic E-state index is 0.0766. The van der Waals surface area contributed by atoms with E-state index in [0.29, 0.717) is 22.6 Å². The molecule has 0 aromatic rings. The van der Waals surface area contributed by atoms with E-state index in [-0.39, 0.29) is 6.10 Å². The molecule has 234 valence electrons. The zero-order chi connectivity index (χ0) is 30.5. The van der Waals surface area contributed by atoms with Gasteiger partial charge in [-0.15, -0.1) is 11.8 Å². The molecule has 0 aromatic heterocycles. The van der Waals surface area contributed by atoms with Gasteiger partial charge in [-0.2, -0.15) is 0 Å². The number of allylic oxidation sites excluding steroid dienone is 1. The van der Waals surface area contributed by atoms with Crippen molar-refractivity contribution in [1.29, 1.82) is 0 Å². The van der Waals surface area contributed by atoms with Gasteiger partial charge in [0.1, 0.15) is 5.25 Å². The van der Waals surface area contributed by atoms with Crippen molar-refractivity contribution in [2.24, 2.45) is 46.3 Å². The number of thioether (sulfide) groups is 1. The van der Waals surface area contributed by atoms with Crippen LogP contribution in [0.15, 0.2) is 11.6 Å². The number of carboxylic acid groups (broad SMARTS) is 3. The molecule has 0 spiro atoms. The fourth-order valence-electron chi connectivity index (χ4n) is 9.21. The van der Waals surface area contributed by atoms with E-state index < -0.39 is 35.3 Å². The van der Waals surface area contributed by atoms with Crippen molar-refractivity contribution < 1.29 is 34.8 Å². The second kappa shape index (κ2) is 14.3. The highest BCUT2D eigenvalue weighted by Gasteiger charge is 2.59. The summed E-state index contributed by atoms with van der Waals surface area (Å²) in [6, 6.07) is 0. The molecule has 4 N–H and O–H groups in total. The molecule has 41 heavy (non-hydrogen) atoms. The minimum Gasteiger partial charge on any atom is -0.481 e. The molecule has 0 radical (unpaired) electrons. The predicted octanol–water partition coefficient (Wildman–Crippen LogP) is 7.12. The summed E-state index contributed by atoms with van der Waals surface area (Å²) in [4.78, 5) is 30.6. The lowest BCUT2D eigenvalue weighted by molar-refractivity contribution is -0.143. The van der Waals surface area contributed by atoms with Crippen molar-refractivity contribution in [3.8, 4) is 0 Å². The number of hydrogen-bond acceptors (Lipinski definition) is 5. The van der Waals surface area contributed by atoms with Gasteiger partial charge in [-0.05, 0) is 97.7 Å². The van der Waals surface area contributed by atoms with Gasteiger partial charge in [0.05, 0.1) is 18.3 Å². The molecule has 4 aliphatic carbocycles. The van der Waals surface area contributed by atoms with Crippen LogP contribution in [0.1, 0.15) is 112 Å². The van der Waals surface area contributed by atoms with Gasteiger partial charge in [0.2, 0.25) is 0 Å². The molecular formula is C33H54O7S. The zero-order valence-corrected chi connectivity index (χ0v) is 26.6. The fourth-order valence-corrected chi connectivity index (χ4v) is 9.96. The molecule has 0 amide bonds. The van der Waals surface area contributed by atoms with Crippen LogP contribution in [0.3, 0.4) is 0 Å². The summed E-state index contributed by atoms with van der Waals surface area (Å²) in [6.45, 7) is 12.6. The molecule has 3 saturated carbocycles. The lowest BCUT2D eigenvalue weighted by atomic mass is 9.47. The van der Waals surface area contributed by atoms with Crippen molar-refractivity contribution in [2.75, 3.05) is 5.75 Å². The van der Waals surface area contributed by atoms with Crippen LogP contribution < -0.4 is 0 Å². The standard InChI is InChI=1S/C27H46O.C6H8O6S/c1-18(2)7-6-8-19(3)23-11-12-24-22-10-9-20-17-21(28)13-15-26(20,4)25(22)14-16-27(23,24)5;7-4(8)1-3(6(11)12)13-2-5(9)10/h9,18-19,21-25,28H,6-8,10-17H2,1-5H3;3H,1-2H2,(H,7,8)(H,9,10)(H,11,12). The normalized spacial score (nSPS) is 35.6. The number of carbonyl (C=O) groups is 3. The number of aliphatic hydroxyl groups excluding tert-OH is 1. The van der Waals surface area contributed by atoms with Crippen LogP contribution in [0, 0.1) is 46.3 Å². The number of hydrogen-bond donors (Lipinski definition) is 4.